The number of hydrogen-bond donors (Lipinski definition) is 0. The van der Waals surface area contributed by atoms with Gasteiger partial charge in [0.25, 0.3) is 0 Å². The molecule has 2 heterocycles. The first kappa shape index (κ1) is 16.4. The van der Waals surface area contributed by atoms with Gasteiger partial charge in [-0.15, -0.1) is 0 Å². The van der Waals surface area contributed by atoms with E-state index in [4.69, 9.17) is 18.9 Å². The molecule has 132 valence electrons. The van der Waals surface area contributed by atoms with Crippen LogP contribution in [0.3, 0.4) is 0 Å². The zero-order valence-electron chi connectivity index (χ0n) is 14.3. The number of hydrogen-bond acceptors (Lipinski definition) is 5. The van der Waals surface area contributed by atoms with Gasteiger partial charge in [0, 0.05) is 17.6 Å². The first-order chi connectivity index (χ1) is 12.2. The molecule has 0 atom stereocenters. The largest absolute Gasteiger partial charge is 0.493 e. The Morgan fingerprint density at radius 1 is 0.960 bits per heavy atom. The Hall–Kier alpha value is -2.08. The molecule has 2 aromatic carbocycles. The van der Waals surface area contributed by atoms with E-state index in [-0.39, 0.29) is 0 Å². The predicted octanol–water partition coefficient (Wildman–Crippen LogP) is 3.80. The second-order valence-corrected chi connectivity index (χ2v) is 6.95. The molecular formula is C19H20BrNO4. The molecule has 25 heavy (non-hydrogen) atoms. The Labute approximate surface area is 155 Å². The highest BCUT2D eigenvalue weighted by Crippen LogP contribution is 2.44. The zero-order chi connectivity index (χ0) is 17.4. The van der Waals surface area contributed by atoms with Crippen LogP contribution in [0.4, 0.5) is 5.69 Å². The van der Waals surface area contributed by atoms with Gasteiger partial charge in [0.2, 0.25) is 6.79 Å². The Morgan fingerprint density at radius 2 is 1.60 bits per heavy atom. The summed E-state index contributed by atoms with van der Waals surface area (Å²) < 4.78 is 23.2. The lowest BCUT2D eigenvalue weighted by Gasteiger charge is -2.27. The quantitative estimate of drug-likeness (QED) is 0.776. The van der Waals surface area contributed by atoms with Crippen LogP contribution in [0.15, 0.2) is 28.7 Å². The molecule has 2 aliphatic heterocycles. The Kier molecular flexibility index (Phi) is 4.37. The first-order valence-electron chi connectivity index (χ1n) is 8.28. The summed E-state index contributed by atoms with van der Waals surface area (Å²) in [6, 6.07) is 8.17. The van der Waals surface area contributed by atoms with E-state index in [2.05, 4.69) is 33.0 Å². The van der Waals surface area contributed by atoms with Crippen LogP contribution < -0.4 is 23.8 Å². The summed E-state index contributed by atoms with van der Waals surface area (Å²) in [5.74, 6) is 3.21. The second kappa shape index (κ2) is 6.67. The molecule has 0 spiro atoms. The minimum Gasteiger partial charge on any atom is -0.493 e. The number of halogens is 1. The summed E-state index contributed by atoms with van der Waals surface area (Å²) in [4.78, 5) is 2.35. The molecule has 0 aliphatic carbocycles. The molecule has 0 radical (unpaired) electrons. The number of anilines is 1. The van der Waals surface area contributed by atoms with Crippen LogP contribution in [-0.2, 0) is 12.8 Å². The van der Waals surface area contributed by atoms with Gasteiger partial charge in [0.15, 0.2) is 23.0 Å². The number of fused-ring (bicyclic) bond motifs is 2. The van der Waals surface area contributed by atoms with E-state index in [1.807, 2.05) is 12.1 Å². The van der Waals surface area contributed by atoms with Crippen molar-refractivity contribution >= 4 is 21.6 Å². The summed E-state index contributed by atoms with van der Waals surface area (Å²) in [6.45, 7) is 2.11. The van der Waals surface area contributed by atoms with Crippen molar-refractivity contribution in [1.29, 1.82) is 0 Å². The Balaban J connectivity index is 1.66. The molecule has 0 bridgehead atoms. The van der Waals surface area contributed by atoms with Crippen LogP contribution in [0.25, 0.3) is 0 Å². The van der Waals surface area contributed by atoms with Gasteiger partial charge in [0.1, 0.15) is 0 Å². The average molecular weight is 406 g/mol. The van der Waals surface area contributed by atoms with Gasteiger partial charge >= 0.3 is 0 Å². The van der Waals surface area contributed by atoms with Gasteiger partial charge < -0.3 is 23.8 Å². The summed E-state index contributed by atoms with van der Waals surface area (Å²) >= 11 is 3.67. The minimum absolute atomic E-state index is 0.318. The lowest BCUT2D eigenvalue weighted by atomic mass is 10.0. The highest BCUT2D eigenvalue weighted by molar-refractivity contribution is 9.10. The number of methoxy groups -OCH3 is 2. The van der Waals surface area contributed by atoms with E-state index in [1.165, 1.54) is 11.1 Å². The monoisotopic (exact) mass is 405 g/mol. The molecule has 0 saturated carbocycles. The van der Waals surface area contributed by atoms with Crippen molar-refractivity contribution in [3.05, 3.63) is 39.9 Å². The molecule has 0 aromatic heterocycles. The van der Waals surface area contributed by atoms with E-state index in [0.29, 0.717) is 6.79 Å². The third-order valence-electron chi connectivity index (χ3n) is 4.78. The molecule has 2 aromatic rings. The third kappa shape index (κ3) is 2.88. The molecule has 6 heteroatoms. The number of rotatable bonds is 3. The number of benzene rings is 2. The van der Waals surface area contributed by atoms with E-state index in [0.717, 1.165) is 59.1 Å². The van der Waals surface area contributed by atoms with Crippen molar-refractivity contribution in [3.8, 4) is 23.0 Å². The summed E-state index contributed by atoms with van der Waals surface area (Å²) in [5.41, 5.74) is 3.68. The molecule has 5 nitrogen and oxygen atoms in total. The fourth-order valence-corrected chi connectivity index (χ4v) is 4.08. The predicted molar refractivity (Wildman–Crippen MR) is 99.4 cm³/mol. The number of ether oxygens (including phenoxy) is 4. The Morgan fingerprint density at radius 3 is 2.16 bits per heavy atom. The molecule has 2 aliphatic rings. The van der Waals surface area contributed by atoms with Crippen molar-refractivity contribution in [2.75, 3.05) is 39.0 Å². The van der Waals surface area contributed by atoms with Crippen molar-refractivity contribution in [2.24, 2.45) is 0 Å². The molecule has 4 rings (SSSR count). The molecule has 0 unspecified atom stereocenters. The summed E-state index contributed by atoms with van der Waals surface area (Å²) in [7, 11) is 3.34. The van der Waals surface area contributed by atoms with Gasteiger partial charge in [-0.2, -0.15) is 0 Å². The lowest BCUT2D eigenvalue weighted by molar-refractivity contribution is 0.174. The summed E-state index contributed by atoms with van der Waals surface area (Å²) in [5, 5.41) is 0. The van der Waals surface area contributed by atoms with E-state index >= 15 is 0 Å². The van der Waals surface area contributed by atoms with Crippen LogP contribution in [0.1, 0.15) is 11.1 Å². The van der Waals surface area contributed by atoms with Crippen molar-refractivity contribution in [1.82, 2.24) is 0 Å². The van der Waals surface area contributed by atoms with Crippen LogP contribution in [-0.4, -0.2) is 34.1 Å². The molecule has 0 saturated heterocycles. The average Bonchev–Trinajstić information content (AvgIpc) is 2.99. The van der Waals surface area contributed by atoms with Gasteiger partial charge in [-0.25, -0.2) is 0 Å². The van der Waals surface area contributed by atoms with Crippen LogP contribution >= 0.6 is 15.9 Å². The lowest BCUT2D eigenvalue weighted by Crippen LogP contribution is -2.27. The topological polar surface area (TPSA) is 40.2 Å². The van der Waals surface area contributed by atoms with Crippen LogP contribution in [0.5, 0.6) is 23.0 Å². The smallest absolute Gasteiger partial charge is 0.231 e. The molecular weight excluding hydrogens is 386 g/mol. The van der Waals surface area contributed by atoms with Crippen LogP contribution in [0.2, 0.25) is 0 Å². The van der Waals surface area contributed by atoms with Crippen molar-refractivity contribution in [2.45, 2.75) is 12.8 Å². The Bertz CT molecular complexity index is 773. The van der Waals surface area contributed by atoms with E-state index in [9.17, 15) is 0 Å². The highest BCUT2D eigenvalue weighted by atomic mass is 79.9. The summed E-state index contributed by atoms with van der Waals surface area (Å²) in [6.07, 6.45) is 1.89. The maximum atomic E-state index is 5.65. The zero-order valence-corrected chi connectivity index (χ0v) is 15.9. The highest BCUT2D eigenvalue weighted by Gasteiger charge is 2.24. The maximum absolute atomic E-state index is 5.65. The third-order valence-corrected chi connectivity index (χ3v) is 5.42. The van der Waals surface area contributed by atoms with Gasteiger partial charge in [-0.05, 0) is 64.2 Å². The standard InChI is InChI=1S/C19H20BrNO4/c1-22-15-4-3-14(20)18(19(15)23-2)21-7-5-12-9-16-17(25-11-24-16)10-13(12)6-8-21/h3-4,9-10H,5-8,11H2,1-2H3. The molecule has 0 fully saturated rings. The number of nitrogens with zero attached hydrogens (tertiary/aromatic N) is 1. The molecule has 0 amide bonds. The van der Waals surface area contributed by atoms with Crippen LogP contribution in [0, 0.1) is 0 Å². The fourth-order valence-electron chi connectivity index (χ4n) is 3.52. The van der Waals surface area contributed by atoms with Gasteiger partial charge in [-0.3, -0.25) is 0 Å². The first-order valence-corrected chi connectivity index (χ1v) is 9.07. The van der Waals surface area contributed by atoms with E-state index in [1.54, 1.807) is 14.2 Å². The molecule has 0 N–H and O–H groups in total. The maximum Gasteiger partial charge on any atom is 0.231 e. The van der Waals surface area contributed by atoms with Crippen molar-refractivity contribution in [3.63, 3.8) is 0 Å². The SMILES string of the molecule is COc1ccc(Br)c(N2CCc3cc4c(cc3CC2)OCO4)c1OC. The van der Waals surface area contributed by atoms with Gasteiger partial charge in [-0.1, -0.05) is 0 Å². The van der Waals surface area contributed by atoms with E-state index < -0.39 is 0 Å². The van der Waals surface area contributed by atoms with Gasteiger partial charge in [0.05, 0.1) is 19.9 Å². The van der Waals surface area contributed by atoms with Crippen molar-refractivity contribution < 1.29 is 18.9 Å². The normalized spacial score (nSPS) is 15.6. The minimum atomic E-state index is 0.318. The fraction of sp³-hybridized carbons (Fsp3) is 0.368. The second-order valence-electron chi connectivity index (χ2n) is 6.09.